The Morgan fingerprint density at radius 2 is 2.08 bits per heavy atom. The number of anilines is 1. The molecule has 24 heavy (non-hydrogen) atoms. The lowest BCUT2D eigenvalue weighted by Crippen LogP contribution is -2.12. The maximum absolute atomic E-state index is 12.5. The maximum atomic E-state index is 12.5. The van der Waals surface area contributed by atoms with Gasteiger partial charge in [0.2, 0.25) is 5.91 Å². The fraction of sp³-hybridized carbons (Fsp3) is 0.167. The molecule has 1 N–H and O–H groups in total. The van der Waals surface area contributed by atoms with Gasteiger partial charge in [0.1, 0.15) is 17.7 Å². The summed E-state index contributed by atoms with van der Waals surface area (Å²) in [5.41, 5.74) is 2.46. The molecule has 0 aliphatic carbocycles. The number of carbonyl (C=O) groups excluding carboxylic acids is 1. The third kappa shape index (κ3) is 3.12. The van der Waals surface area contributed by atoms with Gasteiger partial charge in [0, 0.05) is 19.2 Å². The number of fused-ring (bicyclic) bond motifs is 1. The zero-order chi connectivity index (χ0) is 17.3. The fourth-order valence-corrected chi connectivity index (χ4v) is 2.44. The lowest BCUT2D eigenvalue weighted by molar-refractivity contribution is -0.111. The molecule has 0 bridgehead atoms. The van der Waals surface area contributed by atoms with Gasteiger partial charge in [-0.05, 0) is 32.1 Å². The van der Waals surface area contributed by atoms with Gasteiger partial charge in [0.15, 0.2) is 5.43 Å². The molecule has 0 radical (unpaired) electrons. The van der Waals surface area contributed by atoms with Gasteiger partial charge in [-0.1, -0.05) is 11.6 Å². The third-order valence-corrected chi connectivity index (χ3v) is 3.62. The lowest BCUT2D eigenvalue weighted by atomic mass is 10.1. The SMILES string of the molecule is Cc1ccc2occ(/C=C/C(=O)Nc3cc(C)nn3C)c(=O)c2c1. The molecule has 0 saturated carbocycles. The van der Waals surface area contributed by atoms with Crippen molar-refractivity contribution in [2.24, 2.45) is 7.05 Å². The van der Waals surface area contributed by atoms with E-state index in [2.05, 4.69) is 10.4 Å². The van der Waals surface area contributed by atoms with Crippen molar-refractivity contribution in [3.8, 4) is 0 Å². The predicted octanol–water partition coefficient (Wildman–Crippen LogP) is 2.80. The first-order chi connectivity index (χ1) is 11.4. The third-order valence-electron chi connectivity index (χ3n) is 3.62. The van der Waals surface area contributed by atoms with Crippen molar-refractivity contribution in [1.29, 1.82) is 0 Å². The number of hydrogen-bond donors (Lipinski definition) is 1. The summed E-state index contributed by atoms with van der Waals surface area (Å²) in [7, 11) is 1.74. The van der Waals surface area contributed by atoms with Crippen molar-refractivity contribution in [3.63, 3.8) is 0 Å². The number of benzene rings is 1. The first-order valence-electron chi connectivity index (χ1n) is 7.46. The number of hydrogen-bond acceptors (Lipinski definition) is 4. The number of aryl methyl sites for hydroxylation is 3. The summed E-state index contributed by atoms with van der Waals surface area (Å²) in [4.78, 5) is 24.5. The fourth-order valence-electron chi connectivity index (χ4n) is 2.44. The van der Waals surface area contributed by atoms with Crippen molar-refractivity contribution >= 4 is 28.8 Å². The van der Waals surface area contributed by atoms with E-state index in [4.69, 9.17) is 4.42 Å². The summed E-state index contributed by atoms with van der Waals surface area (Å²) in [6.45, 7) is 3.75. The summed E-state index contributed by atoms with van der Waals surface area (Å²) in [5, 5.41) is 7.36. The van der Waals surface area contributed by atoms with Crippen molar-refractivity contribution < 1.29 is 9.21 Å². The summed E-state index contributed by atoms with van der Waals surface area (Å²) < 4.78 is 7.03. The molecule has 0 saturated heterocycles. The molecule has 0 atom stereocenters. The highest BCUT2D eigenvalue weighted by molar-refractivity contribution is 6.01. The molecule has 122 valence electrons. The van der Waals surface area contributed by atoms with Gasteiger partial charge in [-0.2, -0.15) is 5.10 Å². The van der Waals surface area contributed by atoms with E-state index in [-0.39, 0.29) is 11.3 Å². The molecule has 6 heteroatoms. The van der Waals surface area contributed by atoms with E-state index in [0.717, 1.165) is 11.3 Å². The Morgan fingerprint density at radius 1 is 1.29 bits per heavy atom. The molecule has 3 aromatic rings. The van der Waals surface area contributed by atoms with Crippen LogP contribution in [0.5, 0.6) is 0 Å². The second kappa shape index (κ2) is 6.16. The van der Waals surface area contributed by atoms with E-state index < -0.39 is 0 Å². The highest BCUT2D eigenvalue weighted by atomic mass is 16.3. The first-order valence-corrected chi connectivity index (χ1v) is 7.46. The molecule has 1 amide bonds. The van der Waals surface area contributed by atoms with E-state index in [0.29, 0.717) is 22.4 Å². The molecule has 3 rings (SSSR count). The summed E-state index contributed by atoms with van der Waals surface area (Å²) >= 11 is 0. The number of nitrogens with one attached hydrogen (secondary N) is 1. The molecule has 0 unspecified atom stereocenters. The summed E-state index contributed by atoms with van der Waals surface area (Å²) in [6.07, 6.45) is 4.11. The predicted molar refractivity (Wildman–Crippen MR) is 92.8 cm³/mol. The van der Waals surface area contributed by atoms with E-state index in [9.17, 15) is 9.59 Å². The molecule has 2 heterocycles. The van der Waals surface area contributed by atoms with E-state index in [1.165, 1.54) is 18.4 Å². The maximum Gasteiger partial charge on any atom is 0.249 e. The smallest absolute Gasteiger partial charge is 0.249 e. The van der Waals surface area contributed by atoms with Crippen LogP contribution in [0.25, 0.3) is 17.0 Å². The average molecular weight is 323 g/mol. The summed E-state index contributed by atoms with van der Waals surface area (Å²) in [6, 6.07) is 7.18. The Kier molecular flexibility index (Phi) is 4.04. The van der Waals surface area contributed by atoms with Gasteiger partial charge in [-0.15, -0.1) is 0 Å². The zero-order valence-corrected chi connectivity index (χ0v) is 13.7. The topological polar surface area (TPSA) is 77.1 Å². The molecule has 0 spiro atoms. The standard InChI is InChI=1S/C18H17N3O3/c1-11-4-6-15-14(8-11)18(23)13(10-24-15)5-7-17(22)19-16-9-12(2)20-21(16)3/h4-10H,1-3H3,(H,19,22)/b7-5+. The largest absolute Gasteiger partial charge is 0.463 e. The molecule has 1 aromatic carbocycles. The monoisotopic (exact) mass is 323 g/mol. The molecule has 0 aliphatic rings. The van der Waals surface area contributed by atoms with Crippen LogP contribution in [0.3, 0.4) is 0 Å². The Balaban J connectivity index is 1.85. The van der Waals surface area contributed by atoms with Gasteiger partial charge >= 0.3 is 0 Å². The normalized spacial score (nSPS) is 11.3. The zero-order valence-electron chi connectivity index (χ0n) is 13.7. The molecule has 2 aromatic heterocycles. The van der Waals surface area contributed by atoms with Crippen LogP contribution in [0.15, 0.2) is 45.8 Å². The number of carbonyl (C=O) groups is 1. The second-order valence-electron chi connectivity index (χ2n) is 5.64. The molecular weight excluding hydrogens is 306 g/mol. The van der Waals surface area contributed by atoms with Crippen LogP contribution < -0.4 is 10.7 Å². The van der Waals surface area contributed by atoms with Gasteiger partial charge < -0.3 is 9.73 Å². The van der Waals surface area contributed by atoms with Crippen LogP contribution >= 0.6 is 0 Å². The Morgan fingerprint density at radius 3 is 2.79 bits per heavy atom. The minimum Gasteiger partial charge on any atom is -0.463 e. The Hall–Kier alpha value is -3.15. The lowest BCUT2D eigenvalue weighted by Gasteiger charge is -2.02. The molecule has 0 fully saturated rings. The van der Waals surface area contributed by atoms with Gasteiger partial charge in [-0.3, -0.25) is 14.3 Å². The quantitative estimate of drug-likeness (QED) is 0.752. The molecular formula is C18H17N3O3. The van der Waals surface area contributed by atoms with Crippen LogP contribution in [0.1, 0.15) is 16.8 Å². The van der Waals surface area contributed by atoms with Crippen LogP contribution in [0.4, 0.5) is 5.82 Å². The van der Waals surface area contributed by atoms with E-state index >= 15 is 0 Å². The van der Waals surface area contributed by atoms with Crippen LogP contribution in [-0.4, -0.2) is 15.7 Å². The van der Waals surface area contributed by atoms with Gasteiger partial charge in [-0.25, -0.2) is 0 Å². The second-order valence-corrected chi connectivity index (χ2v) is 5.64. The minimum atomic E-state index is -0.346. The van der Waals surface area contributed by atoms with Crippen LogP contribution in [0, 0.1) is 13.8 Å². The van der Waals surface area contributed by atoms with E-state index in [1.54, 1.807) is 29.9 Å². The van der Waals surface area contributed by atoms with E-state index in [1.807, 2.05) is 19.9 Å². The first kappa shape index (κ1) is 15.7. The average Bonchev–Trinajstić information content (AvgIpc) is 2.85. The van der Waals surface area contributed by atoms with Crippen molar-refractivity contribution in [2.75, 3.05) is 5.32 Å². The number of nitrogens with zero attached hydrogens (tertiary/aromatic N) is 2. The van der Waals surface area contributed by atoms with Crippen molar-refractivity contribution in [1.82, 2.24) is 9.78 Å². The van der Waals surface area contributed by atoms with Crippen molar-refractivity contribution in [2.45, 2.75) is 13.8 Å². The van der Waals surface area contributed by atoms with Crippen LogP contribution in [0.2, 0.25) is 0 Å². The van der Waals surface area contributed by atoms with Crippen molar-refractivity contribution in [3.05, 3.63) is 63.6 Å². The highest BCUT2D eigenvalue weighted by Gasteiger charge is 2.07. The number of amides is 1. The Labute approximate surface area is 138 Å². The minimum absolute atomic E-state index is 0.166. The summed E-state index contributed by atoms with van der Waals surface area (Å²) in [5.74, 6) is 0.241. The van der Waals surface area contributed by atoms with Crippen LogP contribution in [-0.2, 0) is 11.8 Å². The molecule has 0 aliphatic heterocycles. The number of aromatic nitrogens is 2. The highest BCUT2D eigenvalue weighted by Crippen LogP contribution is 2.14. The molecule has 6 nitrogen and oxygen atoms in total. The Bertz CT molecular complexity index is 1010. The van der Waals surface area contributed by atoms with Gasteiger partial charge in [0.25, 0.3) is 0 Å². The van der Waals surface area contributed by atoms with Gasteiger partial charge in [0.05, 0.1) is 16.6 Å². The number of rotatable bonds is 3.